The van der Waals surface area contributed by atoms with E-state index >= 15 is 0 Å². The van der Waals surface area contributed by atoms with E-state index in [0.717, 1.165) is 12.0 Å². The Hall–Kier alpha value is -1.84. The van der Waals surface area contributed by atoms with Gasteiger partial charge < -0.3 is 10.4 Å². The molecule has 4 nitrogen and oxygen atoms in total. The quantitative estimate of drug-likeness (QED) is 0.767. The molecule has 0 aliphatic carbocycles. The molecule has 0 aliphatic rings. The van der Waals surface area contributed by atoms with Crippen LogP contribution in [0.3, 0.4) is 0 Å². The van der Waals surface area contributed by atoms with Crippen molar-refractivity contribution in [3.63, 3.8) is 0 Å². The lowest BCUT2D eigenvalue weighted by Gasteiger charge is -2.14. The number of rotatable bonds is 8. The fourth-order valence-corrected chi connectivity index (χ4v) is 2.01. The van der Waals surface area contributed by atoms with E-state index in [4.69, 9.17) is 5.11 Å². The highest BCUT2D eigenvalue weighted by atomic mass is 16.4. The third kappa shape index (κ3) is 5.87. The Bertz CT molecular complexity index is 440. The van der Waals surface area contributed by atoms with Gasteiger partial charge in [0.1, 0.15) is 0 Å². The van der Waals surface area contributed by atoms with Crippen molar-refractivity contribution in [2.45, 2.75) is 52.0 Å². The van der Waals surface area contributed by atoms with Crippen molar-refractivity contribution >= 4 is 11.9 Å². The van der Waals surface area contributed by atoms with E-state index in [1.807, 2.05) is 19.1 Å². The fraction of sp³-hybridized carbons (Fsp3) is 0.500. The maximum absolute atomic E-state index is 11.8. The number of amides is 1. The normalized spacial score (nSPS) is 11.9. The zero-order valence-electron chi connectivity index (χ0n) is 12.2. The topological polar surface area (TPSA) is 66.4 Å². The van der Waals surface area contributed by atoms with Crippen molar-refractivity contribution < 1.29 is 14.7 Å². The molecule has 1 atom stereocenters. The molecule has 0 fully saturated rings. The molecule has 110 valence electrons. The van der Waals surface area contributed by atoms with E-state index in [1.54, 1.807) is 0 Å². The summed E-state index contributed by atoms with van der Waals surface area (Å²) >= 11 is 0. The van der Waals surface area contributed by atoms with Crippen molar-refractivity contribution in [2.24, 2.45) is 0 Å². The molecule has 2 N–H and O–H groups in total. The summed E-state index contributed by atoms with van der Waals surface area (Å²) < 4.78 is 0. The molecule has 0 saturated carbocycles. The molecular weight excluding hydrogens is 254 g/mol. The lowest BCUT2D eigenvalue weighted by Crippen LogP contribution is -2.36. The second-order valence-electron chi connectivity index (χ2n) is 4.94. The Morgan fingerprint density at radius 3 is 2.25 bits per heavy atom. The summed E-state index contributed by atoms with van der Waals surface area (Å²) in [4.78, 5) is 22.4. The highest BCUT2D eigenvalue weighted by Gasteiger charge is 2.13. The zero-order chi connectivity index (χ0) is 15.0. The second kappa shape index (κ2) is 8.35. The minimum atomic E-state index is -0.882. The van der Waals surface area contributed by atoms with E-state index in [9.17, 15) is 9.59 Å². The van der Waals surface area contributed by atoms with Crippen LogP contribution in [-0.2, 0) is 22.4 Å². The summed E-state index contributed by atoms with van der Waals surface area (Å²) in [6, 6.07) is 7.96. The van der Waals surface area contributed by atoms with Crippen LogP contribution in [-0.4, -0.2) is 23.0 Å². The number of aryl methyl sites for hydroxylation is 2. The fourth-order valence-electron chi connectivity index (χ4n) is 2.01. The van der Waals surface area contributed by atoms with Crippen LogP contribution in [0.4, 0.5) is 0 Å². The highest BCUT2D eigenvalue weighted by molar-refractivity contribution is 5.77. The molecular formula is C16H23NO3. The van der Waals surface area contributed by atoms with Crippen LogP contribution in [0.5, 0.6) is 0 Å². The van der Waals surface area contributed by atoms with Gasteiger partial charge in [-0.05, 0) is 30.4 Å². The first-order valence-corrected chi connectivity index (χ1v) is 7.14. The van der Waals surface area contributed by atoms with Crippen molar-refractivity contribution in [2.75, 3.05) is 0 Å². The first kappa shape index (κ1) is 16.2. The Balaban J connectivity index is 2.39. The maximum atomic E-state index is 11.8. The number of carboxylic acids is 1. The van der Waals surface area contributed by atoms with Gasteiger partial charge in [0, 0.05) is 12.5 Å². The number of carbonyl (C=O) groups excluding carboxylic acids is 1. The monoisotopic (exact) mass is 277 g/mol. The lowest BCUT2D eigenvalue weighted by atomic mass is 10.1. The van der Waals surface area contributed by atoms with E-state index in [-0.39, 0.29) is 18.4 Å². The summed E-state index contributed by atoms with van der Waals surface area (Å²) in [5, 5.41) is 11.5. The molecule has 20 heavy (non-hydrogen) atoms. The molecule has 0 spiro atoms. The minimum absolute atomic E-state index is 0.0204. The molecule has 1 rings (SSSR count). The predicted octanol–water partition coefficient (Wildman–Crippen LogP) is 2.55. The molecule has 0 saturated heterocycles. The molecule has 1 unspecified atom stereocenters. The summed E-state index contributed by atoms with van der Waals surface area (Å²) in [5.74, 6) is -0.968. The third-order valence-corrected chi connectivity index (χ3v) is 3.35. The Morgan fingerprint density at radius 1 is 1.15 bits per heavy atom. The summed E-state index contributed by atoms with van der Waals surface area (Å²) in [7, 11) is 0. The smallest absolute Gasteiger partial charge is 0.305 e. The van der Waals surface area contributed by atoms with Crippen LogP contribution in [0, 0.1) is 0 Å². The Labute approximate surface area is 120 Å². The molecule has 1 amide bonds. The zero-order valence-corrected chi connectivity index (χ0v) is 12.2. The minimum Gasteiger partial charge on any atom is -0.481 e. The van der Waals surface area contributed by atoms with Crippen molar-refractivity contribution in [1.82, 2.24) is 5.32 Å². The van der Waals surface area contributed by atoms with E-state index < -0.39 is 5.97 Å². The van der Waals surface area contributed by atoms with Crippen LogP contribution in [0.1, 0.15) is 44.2 Å². The molecule has 0 radical (unpaired) electrons. The van der Waals surface area contributed by atoms with Gasteiger partial charge in [0.05, 0.1) is 6.42 Å². The largest absolute Gasteiger partial charge is 0.481 e. The van der Waals surface area contributed by atoms with Gasteiger partial charge in [-0.15, -0.1) is 0 Å². The van der Waals surface area contributed by atoms with E-state index in [1.165, 1.54) is 5.56 Å². The van der Waals surface area contributed by atoms with Crippen LogP contribution in [0.2, 0.25) is 0 Å². The number of aliphatic carboxylic acids is 1. The SMILES string of the molecule is CCc1ccc(CCC(=O)NC(CC)CC(=O)O)cc1. The molecule has 0 aromatic heterocycles. The first-order valence-electron chi connectivity index (χ1n) is 7.14. The van der Waals surface area contributed by atoms with Crippen LogP contribution >= 0.6 is 0 Å². The average Bonchev–Trinajstić information content (AvgIpc) is 2.44. The van der Waals surface area contributed by atoms with Crippen LogP contribution in [0.25, 0.3) is 0 Å². The average molecular weight is 277 g/mol. The Kier molecular flexibility index (Phi) is 6.77. The van der Waals surface area contributed by atoms with Gasteiger partial charge in [-0.1, -0.05) is 38.1 Å². The number of benzene rings is 1. The van der Waals surface area contributed by atoms with Gasteiger partial charge in [0.25, 0.3) is 0 Å². The maximum Gasteiger partial charge on any atom is 0.305 e. The summed E-state index contributed by atoms with van der Waals surface area (Å²) in [5.41, 5.74) is 2.41. The van der Waals surface area contributed by atoms with Crippen LogP contribution < -0.4 is 5.32 Å². The molecule has 1 aromatic carbocycles. The number of carboxylic acid groups (broad SMARTS) is 1. The summed E-state index contributed by atoms with van der Waals surface area (Å²) in [6.45, 7) is 3.98. The highest BCUT2D eigenvalue weighted by Crippen LogP contribution is 2.08. The molecule has 0 aliphatic heterocycles. The number of hydrogen-bond donors (Lipinski definition) is 2. The van der Waals surface area contributed by atoms with Gasteiger partial charge in [0.15, 0.2) is 0 Å². The first-order chi connectivity index (χ1) is 9.55. The standard InChI is InChI=1S/C16H23NO3/c1-3-12-5-7-13(8-6-12)9-10-15(18)17-14(4-2)11-16(19)20/h5-8,14H,3-4,9-11H2,1-2H3,(H,17,18)(H,19,20). The van der Waals surface area contributed by atoms with E-state index in [2.05, 4.69) is 24.4 Å². The van der Waals surface area contributed by atoms with Gasteiger partial charge in [-0.3, -0.25) is 9.59 Å². The Morgan fingerprint density at radius 2 is 1.75 bits per heavy atom. The summed E-state index contributed by atoms with van der Waals surface area (Å²) in [6.07, 6.45) is 2.69. The van der Waals surface area contributed by atoms with Crippen molar-refractivity contribution in [1.29, 1.82) is 0 Å². The van der Waals surface area contributed by atoms with Gasteiger partial charge in [-0.25, -0.2) is 0 Å². The molecule has 0 bridgehead atoms. The van der Waals surface area contributed by atoms with Crippen molar-refractivity contribution in [3.8, 4) is 0 Å². The van der Waals surface area contributed by atoms with Gasteiger partial charge in [-0.2, -0.15) is 0 Å². The molecule has 0 heterocycles. The second-order valence-corrected chi connectivity index (χ2v) is 4.94. The molecule has 4 heteroatoms. The van der Waals surface area contributed by atoms with E-state index in [0.29, 0.717) is 19.3 Å². The predicted molar refractivity (Wildman–Crippen MR) is 78.6 cm³/mol. The third-order valence-electron chi connectivity index (χ3n) is 3.35. The molecule has 1 aromatic rings. The lowest BCUT2D eigenvalue weighted by molar-refractivity contribution is -0.137. The number of hydrogen-bond acceptors (Lipinski definition) is 2. The number of nitrogens with one attached hydrogen (secondary N) is 1. The van der Waals surface area contributed by atoms with Gasteiger partial charge in [0.2, 0.25) is 5.91 Å². The van der Waals surface area contributed by atoms with Crippen molar-refractivity contribution in [3.05, 3.63) is 35.4 Å². The van der Waals surface area contributed by atoms with Gasteiger partial charge >= 0.3 is 5.97 Å². The van der Waals surface area contributed by atoms with Crippen LogP contribution in [0.15, 0.2) is 24.3 Å². The number of carbonyl (C=O) groups is 2.